The van der Waals surface area contributed by atoms with Gasteiger partial charge in [-0.15, -0.1) is 0 Å². The summed E-state index contributed by atoms with van der Waals surface area (Å²) < 4.78 is 10.3. The van der Waals surface area contributed by atoms with Gasteiger partial charge in [-0.05, 0) is 24.3 Å². The highest BCUT2D eigenvalue weighted by Crippen LogP contribution is 2.21. The minimum atomic E-state index is -0.360. The molecule has 1 aromatic carbocycles. The number of benzene rings is 1. The number of hydrogen-bond acceptors (Lipinski definition) is 8. The molecule has 1 aliphatic rings. The summed E-state index contributed by atoms with van der Waals surface area (Å²) in [5.74, 6) is 0.983. The Kier molecular flexibility index (Phi) is 5.87. The summed E-state index contributed by atoms with van der Waals surface area (Å²) in [7, 11) is 0. The molecule has 2 N–H and O–H groups in total. The van der Waals surface area contributed by atoms with Gasteiger partial charge < -0.3 is 24.8 Å². The molecule has 4 rings (SSSR count). The number of rotatable bonds is 6. The first-order valence-corrected chi connectivity index (χ1v) is 9.47. The third-order valence-electron chi connectivity index (χ3n) is 4.27. The van der Waals surface area contributed by atoms with Crippen LogP contribution in [0.15, 0.2) is 47.1 Å². The molecule has 3 aromatic rings. The molecule has 3 heterocycles. The van der Waals surface area contributed by atoms with Crippen molar-refractivity contribution in [3.63, 3.8) is 0 Å². The Morgan fingerprint density at radius 2 is 1.93 bits per heavy atom. The van der Waals surface area contributed by atoms with Crippen LogP contribution >= 0.6 is 11.6 Å². The summed E-state index contributed by atoms with van der Waals surface area (Å²) >= 11 is 5.96. The maximum Gasteiger partial charge on any atom is 0.290 e. The number of aromatic nitrogens is 3. The van der Waals surface area contributed by atoms with Crippen molar-refractivity contribution in [3.8, 4) is 0 Å². The van der Waals surface area contributed by atoms with Crippen molar-refractivity contribution in [2.24, 2.45) is 0 Å². The molecule has 0 unspecified atom stereocenters. The number of morpholine rings is 1. The van der Waals surface area contributed by atoms with Crippen LogP contribution in [0.2, 0.25) is 5.02 Å². The van der Waals surface area contributed by atoms with Gasteiger partial charge in [0.05, 0.1) is 31.6 Å². The van der Waals surface area contributed by atoms with Crippen molar-refractivity contribution < 1.29 is 14.1 Å². The third-order valence-corrected chi connectivity index (χ3v) is 4.52. The van der Waals surface area contributed by atoms with E-state index in [9.17, 15) is 4.79 Å². The summed E-state index contributed by atoms with van der Waals surface area (Å²) in [6.45, 7) is 2.86. The van der Waals surface area contributed by atoms with Crippen molar-refractivity contribution in [3.05, 3.63) is 59.1 Å². The molecule has 1 saturated heterocycles. The SMILES string of the molecule is O=C(NCc1cc(Nc2ccc(Cl)cc2)nc(N2CCOCC2)n1)c1ccno1. The van der Waals surface area contributed by atoms with E-state index < -0.39 is 0 Å². The molecule has 1 amide bonds. The Bertz CT molecular complexity index is 959. The third kappa shape index (κ3) is 5.01. The van der Waals surface area contributed by atoms with E-state index in [0.29, 0.717) is 48.8 Å². The number of nitrogens with zero attached hydrogens (tertiary/aromatic N) is 4. The zero-order chi connectivity index (χ0) is 20.1. The van der Waals surface area contributed by atoms with E-state index in [1.54, 1.807) is 18.2 Å². The second-order valence-corrected chi connectivity index (χ2v) is 6.77. The Morgan fingerprint density at radius 1 is 1.14 bits per heavy atom. The highest BCUT2D eigenvalue weighted by atomic mass is 35.5. The maximum absolute atomic E-state index is 12.1. The van der Waals surface area contributed by atoms with Crippen LogP contribution in [0.3, 0.4) is 0 Å². The normalized spacial score (nSPS) is 13.9. The van der Waals surface area contributed by atoms with E-state index in [1.807, 2.05) is 12.1 Å². The fourth-order valence-corrected chi connectivity index (χ4v) is 2.94. The second-order valence-electron chi connectivity index (χ2n) is 6.34. The average molecular weight is 415 g/mol. The Balaban J connectivity index is 1.55. The standard InChI is InChI=1S/C19H19ClN6O3/c20-13-1-3-14(4-2-13)23-17-11-15(12-21-18(27)16-5-6-22-29-16)24-19(25-17)26-7-9-28-10-8-26/h1-6,11H,7-10,12H2,(H,21,27)(H,23,24,25). The number of carbonyl (C=O) groups is 1. The predicted octanol–water partition coefficient (Wildman–Crippen LogP) is 2.63. The molecule has 150 valence electrons. The van der Waals surface area contributed by atoms with E-state index in [0.717, 1.165) is 5.69 Å². The zero-order valence-electron chi connectivity index (χ0n) is 15.5. The van der Waals surface area contributed by atoms with E-state index in [2.05, 4.69) is 30.7 Å². The molecule has 29 heavy (non-hydrogen) atoms. The van der Waals surface area contributed by atoms with Crippen LogP contribution in [0.5, 0.6) is 0 Å². The van der Waals surface area contributed by atoms with Gasteiger partial charge in [0, 0.05) is 35.9 Å². The summed E-state index contributed by atoms with van der Waals surface area (Å²) in [5.41, 5.74) is 1.50. The predicted molar refractivity (Wildman–Crippen MR) is 107 cm³/mol. The first-order valence-electron chi connectivity index (χ1n) is 9.09. The van der Waals surface area contributed by atoms with Crippen LogP contribution in [0, 0.1) is 0 Å². The average Bonchev–Trinajstić information content (AvgIpc) is 3.29. The fourth-order valence-electron chi connectivity index (χ4n) is 2.81. The summed E-state index contributed by atoms with van der Waals surface area (Å²) in [6, 6.07) is 10.6. The molecule has 1 aliphatic heterocycles. The minimum Gasteiger partial charge on any atom is -0.378 e. The van der Waals surface area contributed by atoms with Crippen LogP contribution in [-0.2, 0) is 11.3 Å². The molecule has 0 atom stereocenters. The van der Waals surface area contributed by atoms with Gasteiger partial charge >= 0.3 is 0 Å². The highest BCUT2D eigenvalue weighted by molar-refractivity contribution is 6.30. The lowest BCUT2D eigenvalue weighted by atomic mass is 10.3. The molecule has 0 aliphatic carbocycles. The Hall–Kier alpha value is -3.17. The highest BCUT2D eigenvalue weighted by Gasteiger charge is 2.17. The van der Waals surface area contributed by atoms with Crippen molar-refractivity contribution >= 4 is 35.0 Å². The molecule has 9 nitrogen and oxygen atoms in total. The number of ether oxygens (including phenoxy) is 1. The van der Waals surface area contributed by atoms with Crippen LogP contribution < -0.4 is 15.5 Å². The number of carbonyl (C=O) groups excluding carboxylic acids is 1. The number of hydrogen-bond donors (Lipinski definition) is 2. The number of amides is 1. The van der Waals surface area contributed by atoms with Crippen molar-refractivity contribution in [2.45, 2.75) is 6.54 Å². The summed E-state index contributed by atoms with van der Waals surface area (Å²) in [6.07, 6.45) is 1.42. The van der Waals surface area contributed by atoms with E-state index in [4.69, 9.17) is 20.9 Å². The van der Waals surface area contributed by atoms with Crippen LogP contribution in [-0.4, -0.2) is 47.3 Å². The lowest BCUT2D eigenvalue weighted by molar-refractivity contribution is 0.0913. The van der Waals surface area contributed by atoms with E-state index >= 15 is 0 Å². The largest absolute Gasteiger partial charge is 0.378 e. The van der Waals surface area contributed by atoms with Gasteiger partial charge in [-0.1, -0.05) is 16.8 Å². The van der Waals surface area contributed by atoms with Crippen molar-refractivity contribution in [1.82, 2.24) is 20.4 Å². The number of halogens is 1. The van der Waals surface area contributed by atoms with Gasteiger partial charge in [-0.2, -0.15) is 4.98 Å². The minimum absolute atomic E-state index is 0.145. The molecule has 0 radical (unpaired) electrons. The van der Waals surface area contributed by atoms with Crippen LogP contribution in [0.4, 0.5) is 17.5 Å². The first kappa shape index (κ1) is 19.2. The molecule has 0 bridgehead atoms. The molecular formula is C19H19ClN6O3. The molecule has 0 saturated carbocycles. The molecule has 2 aromatic heterocycles. The molecule has 10 heteroatoms. The van der Waals surface area contributed by atoms with Crippen LogP contribution in [0.1, 0.15) is 16.2 Å². The lowest BCUT2D eigenvalue weighted by Gasteiger charge is -2.27. The monoisotopic (exact) mass is 414 g/mol. The van der Waals surface area contributed by atoms with Gasteiger partial charge in [-0.25, -0.2) is 4.98 Å². The topological polar surface area (TPSA) is 105 Å². The Labute approximate surface area is 172 Å². The van der Waals surface area contributed by atoms with Crippen molar-refractivity contribution in [2.75, 3.05) is 36.5 Å². The molecular weight excluding hydrogens is 396 g/mol. The van der Waals surface area contributed by atoms with E-state index in [-0.39, 0.29) is 18.2 Å². The fraction of sp³-hybridized carbons (Fsp3) is 0.263. The Morgan fingerprint density at radius 3 is 2.66 bits per heavy atom. The van der Waals surface area contributed by atoms with Gasteiger partial charge in [0.1, 0.15) is 5.82 Å². The van der Waals surface area contributed by atoms with Crippen LogP contribution in [0.25, 0.3) is 0 Å². The summed E-state index contributed by atoms with van der Waals surface area (Å²) in [5, 5.41) is 10.2. The molecule has 0 spiro atoms. The van der Waals surface area contributed by atoms with E-state index in [1.165, 1.54) is 12.3 Å². The quantitative estimate of drug-likeness (QED) is 0.634. The number of nitrogens with one attached hydrogen (secondary N) is 2. The first-order chi connectivity index (χ1) is 14.2. The van der Waals surface area contributed by atoms with Gasteiger partial charge in [0.25, 0.3) is 5.91 Å². The maximum atomic E-state index is 12.1. The smallest absolute Gasteiger partial charge is 0.290 e. The summed E-state index contributed by atoms with van der Waals surface area (Å²) in [4.78, 5) is 23.4. The number of anilines is 3. The van der Waals surface area contributed by atoms with Gasteiger partial charge in [0.15, 0.2) is 0 Å². The zero-order valence-corrected chi connectivity index (χ0v) is 16.2. The molecule has 1 fully saturated rings. The lowest BCUT2D eigenvalue weighted by Crippen LogP contribution is -2.37. The van der Waals surface area contributed by atoms with Crippen molar-refractivity contribution in [1.29, 1.82) is 0 Å². The van der Waals surface area contributed by atoms with Gasteiger partial charge in [-0.3, -0.25) is 4.79 Å². The van der Waals surface area contributed by atoms with Gasteiger partial charge in [0.2, 0.25) is 11.7 Å². The second kappa shape index (κ2) is 8.89.